The zero-order valence-electron chi connectivity index (χ0n) is 38.9. The molecule has 0 radical (unpaired) electrons. The van der Waals surface area contributed by atoms with Crippen molar-refractivity contribution in [2.24, 2.45) is 36.4 Å². The molecule has 0 aliphatic rings. The number of pyridine rings is 1. The van der Waals surface area contributed by atoms with Gasteiger partial charge >= 0.3 is 10.6 Å². The minimum Gasteiger partial charge on any atom is -0.493 e. The summed E-state index contributed by atoms with van der Waals surface area (Å²) in [6, 6.07) is 26.1. The van der Waals surface area contributed by atoms with Gasteiger partial charge < -0.3 is 20.7 Å². The van der Waals surface area contributed by atoms with Crippen LogP contribution in [0.5, 0.6) is 11.6 Å². The summed E-state index contributed by atoms with van der Waals surface area (Å²) in [6.45, 7) is 2.89. The molecule has 75 heavy (non-hydrogen) atoms. The average Bonchev–Trinajstić information content (AvgIpc) is 3.92. The van der Waals surface area contributed by atoms with Crippen LogP contribution in [-0.2, 0) is 47.6 Å². The molecule has 7 N–H and O–H groups in total. The van der Waals surface area contributed by atoms with Gasteiger partial charge in [0.2, 0.25) is 11.0 Å². The molecule has 8 rings (SSSR count). The molecule has 0 atom stereocenters. The minimum atomic E-state index is -4.54. The lowest BCUT2D eigenvalue weighted by molar-refractivity contribution is 0.100. The number of aromatic hydroxyl groups is 1. The van der Waals surface area contributed by atoms with Gasteiger partial charge in [0.1, 0.15) is 27.7 Å². The fourth-order valence-electron chi connectivity index (χ4n) is 6.96. The topological polar surface area (TPSA) is 411 Å². The number of nitrogens with zero attached hydrogens (tertiary/aromatic N) is 9. The molecule has 0 saturated carbocycles. The summed E-state index contributed by atoms with van der Waals surface area (Å²) in [5, 5.41) is 48.7. The van der Waals surface area contributed by atoms with Gasteiger partial charge in [0.25, 0.3) is 36.3 Å². The van der Waals surface area contributed by atoms with Crippen LogP contribution in [0.15, 0.2) is 133 Å². The molecule has 0 saturated heterocycles. The molecule has 392 valence electrons. The molecule has 0 aliphatic heterocycles. The number of imidazole rings is 1. The summed E-state index contributed by atoms with van der Waals surface area (Å²) in [5.41, 5.74) is 9.89. The summed E-state index contributed by atoms with van der Waals surface area (Å²) < 4.78 is 125. The number of nitrogens with two attached hydrogens (primary N) is 1. The number of fused-ring (bicyclic) bond motifs is 4. The molecule has 0 spiro atoms. The van der Waals surface area contributed by atoms with Crippen LogP contribution in [0.2, 0.25) is 0 Å². The fourth-order valence-corrected chi connectivity index (χ4v) is 8.88. The summed E-state index contributed by atoms with van der Waals surface area (Å²) >= 11 is 1.03. The summed E-state index contributed by atoms with van der Waals surface area (Å²) in [7, 11) is -15.6. The maximum Gasteiger partial charge on any atom is 0.425 e. The third-order valence-electron chi connectivity index (χ3n) is 10.1. The normalized spacial score (nSPS) is 12.1. The van der Waals surface area contributed by atoms with Crippen LogP contribution < -0.4 is 10.5 Å². The molecule has 3 heterocycles. The second-order valence-corrected chi connectivity index (χ2v) is 21.4. The van der Waals surface area contributed by atoms with Gasteiger partial charge in [-0.15, -0.1) is 43.3 Å². The third-order valence-corrected chi connectivity index (χ3v) is 12.7. The number of hydrogen-bond donors (Lipinski definition) is 6. The first kappa shape index (κ1) is 56.4. The molecule has 8 aromatic rings. The Balaban J connectivity index is 0.000000938. The first-order valence-electron chi connectivity index (χ1n) is 21.0. The van der Waals surface area contributed by atoms with Gasteiger partial charge in [0.15, 0.2) is 10.6 Å². The Bertz CT molecular complexity index is 4060. The van der Waals surface area contributed by atoms with E-state index in [4.69, 9.17) is 27.6 Å². The Morgan fingerprint density at radius 3 is 2.11 bits per heavy atom. The van der Waals surface area contributed by atoms with E-state index in [1.807, 2.05) is 0 Å². The molecule has 0 fully saturated rings. The van der Waals surface area contributed by atoms with Crippen molar-refractivity contribution in [3.63, 3.8) is 0 Å². The van der Waals surface area contributed by atoms with Gasteiger partial charge in [-0.1, -0.05) is 65.9 Å². The number of aliphatic hydroxyl groups is 1. The van der Waals surface area contributed by atoms with Crippen LogP contribution in [0.4, 0.5) is 32.9 Å². The summed E-state index contributed by atoms with van der Waals surface area (Å²) in [5.74, 6) is -1.68. The van der Waals surface area contributed by atoms with E-state index < -0.39 is 52.6 Å². The van der Waals surface area contributed by atoms with Crippen LogP contribution in [0.1, 0.15) is 33.5 Å². The zero-order chi connectivity index (χ0) is 55.0. The maximum atomic E-state index is 12.7. The monoisotopic (exact) mass is 1120 g/mol. The quantitative estimate of drug-likeness (QED) is 0.0319. The molecule has 3 aromatic heterocycles. The summed E-state index contributed by atoms with van der Waals surface area (Å²) in [4.78, 5) is 21.6. The number of thiazole rings is 1. The van der Waals surface area contributed by atoms with Crippen LogP contribution in [0.25, 0.3) is 38.7 Å². The fraction of sp³-hybridized carbons (Fsp3) is 0.159. The number of amides is 1. The highest BCUT2D eigenvalue weighted by Gasteiger charge is 2.24. The largest absolute Gasteiger partial charge is 0.493 e. The van der Waals surface area contributed by atoms with E-state index >= 15 is 0 Å². The molecular formula is C44H40N10O16S5. The molecule has 0 bridgehead atoms. The molecular weight excluding hydrogens is 1080 g/mol. The molecule has 5 aromatic carbocycles. The second kappa shape index (κ2) is 23.5. The van der Waals surface area contributed by atoms with Crippen molar-refractivity contribution in [2.45, 2.75) is 31.8 Å². The molecule has 26 nitrogen and oxygen atoms in total. The Morgan fingerprint density at radius 2 is 1.47 bits per heavy atom. The van der Waals surface area contributed by atoms with Crippen LogP contribution >= 0.6 is 11.3 Å². The predicted octanol–water partition coefficient (Wildman–Crippen LogP) is 8.33. The Morgan fingerprint density at radius 1 is 0.800 bits per heavy atom. The lowest BCUT2D eigenvalue weighted by Crippen LogP contribution is -2.15. The third kappa shape index (κ3) is 14.9. The number of para-hydroxylation sites is 2. The Labute approximate surface area is 431 Å². The van der Waals surface area contributed by atoms with Crippen molar-refractivity contribution in [3.8, 4) is 22.9 Å². The number of benzene rings is 5. The predicted molar refractivity (Wildman–Crippen MR) is 272 cm³/mol. The van der Waals surface area contributed by atoms with Gasteiger partial charge in [-0.2, -0.15) is 25.3 Å². The van der Waals surface area contributed by atoms with Gasteiger partial charge in [0, 0.05) is 17.0 Å². The van der Waals surface area contributed by atoms with Gasteiger partial charge in [-0.25, -0.2) is 9.97 Å². The van der Waals surface area contributed by atoms with Gasteiger partial charge in [-0.05, 0) is 78.7 Å². The number of carbonyl (C=O) groups excluding carboxylic acids is 1. The van der Waals surface area contributed by atoms with Crippen molar-refractivity contribution in [1.29, 1.82) is 0 Å². The van der Waals surface area contributed by atoms with Crippen molar-refractivity contribution in [1.82, 2.24) is 14.4 Å². The molecule has 31 heteroatoms. The van der Waals surface area contributed by atoms with E-state index in [2.05, 4.69) is 40.7 Å². The second-order valence-electron chi connectivity index (χ2n) is 15.6. The van der Waals surface area contributed by atoms with Gasteiger partial charge in [-0.3, -0.25) is 22.9 Å². The van der Waals surface area contributed by atoms with Gasteiger partial charge in [0.05, 0.1) is 53.2 Å². The first-order chi connectivity index (χ1) is 35.2. The van der Waals surface area contributed by atoms with E-state index in [1.165, 1.54) is 28.7 Å². The number of aromatic nitrogens is 3. The highest BCUT2D eigenvalue weighted by atomic mass is 32.2. The van der Waals surface area contributed by atoms with Crippen molar-refractivity contribution >= 4 is 119 Å². The Kier molecular flexibility index (Phi) is 17.7. The number of hydrogen-bond acceptors (Lipinski definition) is 22. The lowest BCUT2D eigenvalue weighted by atomic mass is 10.1. The number of aliphatic hydroxyl groups excluding tert-OH is 1. The maximum absolute atomic E-state index is 12.7. The number of aryl methyl sites for hydroxylation is 1. The van der Waals surface area contributed by atoms with Crippen LogP contribution in [-0.4, -0.2) is 101 Å². The van der Waals surface area contributed by atoms with E-state index in [0.717, 1.165) is 11.3 Å². The zero-order valence-corrected chi connectivity index (χ0v) is 43.0. The van der Waals surface area contributed by atoms with E-state index in [0.29, 0.717) is 50.1 Å². The van der Waals surface area contributed by atoms with Crippen molar-refractivity contribution in [2.75, 3.05) is 18.6 Å². The number of ether oxygens (including phenoxy) is 1. The number of primary amides is 1. The minimum absolute atomic E-state index is 0.0201. The van der Waals surface area contributed by atoms with E-state index in [-0.39, 0.29) is 86.2 Å². The van der Waals surface area contributed by atoms with E-state index in [1.54, 1.807) is 86.6 Å². The average molecular weight is 1130 g/mol. The SMILES string of the molecule is CS(=O)(=O)O.Cc1cc(N=Nc2c(C)c(C(N)=O)c3nc4ccccc4n3c2O)c(OCCCS(=O)(=O)O)cc1N=Nc1nc(-c2ccc(CO)cc2)c(N=Nc2ccc3cccc(S(=O)(=O)O)c3c2)s1.O=S(=O)=O. The smallest absolute Gasteiger partial charge is 0.425 e. The van der Waals surface area contributed by atoms with E-state index in [9.17, 15) is 49.4 Å². The van der Waals surface area contributed by atoms with Crippen LogP contribution in [0.3, 0.4) is 0 Å². The number of rotatable bonds is 15. The van der Waals surface area contributed by atoms with Crippen molar-refractivity contribution in [3.05, 3.63) is 119 Å². The lowest BCUT2D eigenvalue weighted by Gasteiger charge is -2.12. The molecule has 0 unspecified atom stereocenters. The molecule has 0 aliphatic carbocycles. The summed E-state index contributed by atoms with van der Waals surface area (Å²) in [6.07, 6.45) is 0.624. The Hall–Kier alpha value is -7.88. The highest BCUT2D eigenvalue weighted by Crippen LogP contribution is 2.44. The van der Waals surface area contributed by atoms with Crippen molar-refractivity contribution < 1.29 is 71.3 Å². The number of azo groups is 3. The molecule has 1 amide bonds. The first-order valence-corrected chi connectivity index (χ1v) is 27.7. The standard InChI is InChI=1S/C43H36N10O10S3.CH4O3S.O3S/c1-23-19-32(49-50-37-24(2)36(39(44)55)40-45-30-8-3-4-9-33(30)53(40)42(37)56)34(63-17-6-18-65(57,58)59)21-31(23)48-52-43-46-38(27-13-11-25(22-54)12-14-27)41(64-43)51-47-28-16-15-26-7-5-10-35(29(26)20-28)66(60,61)62;1-5(2,3)4;1-4(2)3/h3-5,7-16,19-21,54,56H,6,17-18,22H2,1-2H3,(H2,44,55)(H,57,58,59)(H,60,61,62);1H3,(H,2,3,4);. The highest BCUT2D eigenvalue weighted by molar-refractivity contribution is 7.86. The van der Waals surface area contributed by atoms with Crippen LogP contribution in [0, 0.1) is 13.8 Å². The number of carbonyl (C=O) groups is 1.